The summed E-state index contributed by atoms with van der Waals surface area (Å²) in [6.07, 6.45) is 4.71. The first-order valence-electron chi connectivity index (χ1n) is 4.99. The molecule has 1 aliphatic rings. The van der Waals surface area contributed by atoms with E-state index in [1.807, 2.05) is 6.20 Å². The predicted molar refractivity (Wildman–Crippen MR) is 56.2 cm³/mol. The Morgan fingerprint density at radius 2 is 2.40 bits per heavy atom. The largest absolute Gasteiger partial charge is 0.390 e. The summed E-state index contributed by atoms with van der Waals surface area (Å²) >= 11 is 0. The zero-order valence-electron chi connectivity index (χ0n) is 8.75. The zero-order chi connectivity index (χ0) is 11.0. The highest BCUT2D eigenvalue weighted by molar-refractivity contribution is 5.36. The average molecular weight is 207 g/mol. The van der Waals surface area contributed by atoms with Gasteiger partial charge in [0.2, 0.25) is 0 Å². The quantitative estimate of drug-likeness (QED) is 0.551. The van der Waals surface area contributed by atoms with Crippen LogP contribution in [0.2, 0.25) is 0 Å². The fourth-order valence-corrected chi connectivity index (χ4v) is 1.75. The summed E-state index contributed by atoms with van der Waals surface area (Å²) in [6, 6.07) is 1.55. The van der Waals surface area contributed by atoms with E-state index in [9.17, 15) is 10.1 Å². The van der Waals surface area contributed by atoms with Gasteiger partial charge < -0.3 is 10.1 Å². The lowest BCUT2D eigenvalue weighted by molar-refractivity contribution is -0.389. The Morgan fingerprint density at radius 1 is 1.67 bits per heavy atom. The average Bonchev–Trinajstić information content (AvgIpc) is 2.59. The van der Waals surface area contributed by atoms with Crippen LogP contribution in [-0.4, -0.2) is 14.7 Å². The molecule has 2 heterocycles. The minimum absolute atomic E-state index is 0.0703. The summed E-state index contributed by atoms with van der Waals surface area (Å²) in [7, 11) is 0. The van der Waals surface area contributed by atoms with E-state index in [2.05, 4.69) is 25.0 Å². The van der Waals surface area contributed by atoms with E-state index >= 15 is 0 Å². The van der Waals surface area contributed by atoms with Crippen LogP contribution in [0.3, 0.4) is 0 Å². The van der Waals surface area contributed by atoms with Gasteiger partial charge in [0.15, 0.2) is 0 Å². The van der Waals surface area contributed by atoms with Gasteiger partial charge in [-0.1, -0.05) is 19.9 Å². The van der Waals surface area contributed by atoms with Crippen LogP contribution in [0.1, 0.15) is 19.5 Å². The van der Waals surface area contributed by atoms with Crippen LogP contribution in [0, 0.1) is 22.0 Å². The normalized spacial score (nSPS) is 19.3. The summed E-state index contributed by atoms with van der Waals surface area (Å²) in [4.78, 5) is 10.1. The number of allylic oxidation sites excluding steroid dienone is 1. The molecule has 5 nitrogen and oxygen atoms in total. The fourth-order valence-electron chi connectivity index (χ4n) is 1.75. The number of hydrogen-bond acceptors (Lipinski definition) is 3. The van der Waals surface area contributed by atoms with Gasteiger partial charge in [-0.3, -0.25) is 0 Å². The Kier molecular flexibility index (Phi) is 2.30. The molecule has 0 fully saturated rings. The lowest BCUT2D eigenvalue weighted by Crippen LogP contribution is -2.15. The lowest BCUT2D eigenvalue weighted by Gasteiger charge is -2.18. The predicted octanol–water partition coefficient (Wildman–Crippen LogP) is 2.09. The fraction of sp³-hybridized carbons (Fsp3) is 0.500. The third-order valence-electron chi connectivity index (χ3n) is 2.76. The van der Waals surface area contributed by atoms with Gasteiger partial charge in [-0.2, -0.15) is 4.68 Å². The number of rotatable bonds is 2. The summed E-state index contributed by atoms with van der Waals surface area (Å²) < 4.78 is 1.59. The van der Waals surface area contributed by atoms with Crippen LogP contribution >= 0.6 is 0 Å². The summed E-state index contributed by atoms with van der Waals surface area (Å²) in [5, 5.41) is 14.4. The second-order valence-corrected chi connectivity index (χ2v) is 4.15. The smallest absolute Gasteiger partial charge is 0.358 e. The molecule has 0 bridgehead atoms. The molecule has 1 unspecified atom stereocenters. The summed E-state index contributed by atoms with van der Waals surface area (Å²) in [5.74, 6) is 0.928. The van der Waals surface area contributed by atoms with E-state index in [1.54, 1.807) is 10.7 Å². The highest BCUT2D eigenvalue weighted by atomic mass is 16.6. The van der Waals surface area contributed by atoms with Gasteiger partial charge in [0, 0.05) is 6.20 Å². The van der Waals surface area contributed by atoms with Gasteiger partial charge >= 0.3 is 5.82 Å². The van der Waals surface area contributed by atoms with Crippen molar-refractivity contribution >= 4 is 12.0 Å². The van der Waals surface area contributed by atoms with E-state index in [1.165, 1.54) is 0 Å². The molecule has 0 saturated heterocycles. The molecular formula is C10H13N3O2. The summed E-state index contributed by atoms with van der Waals surface area (Å²) in [6.45, 7) is 4.30. The van der Waals surface area contributed by atoms with Crippen molar-refractivity contribution in [1.82, 2.24) is 9.78 Å². The van der Waals surface area contributed by atoms with Crippen LogP contribution in [0.4, 0.5) is 5.82 Å². The number of nitrogens with zero attached hydrogens (tertiary/aromatic N) is 3. The maximum absolute atomic E-state index is 10.5. The topological polar surface area (TPSA) is 61.0 Å². The maximum atomic E-state index is 10.5. The second-order valence-electron chi connectivity index (χ2n) is 4.15. The molecule has 0 N–H and O–H groups in total. The van der Waals surface area contributed by atoms with Crippen LogP contribution in [0.25, 0.3) is 6.20 Å². The molecule has 0 aromatic carbocycles. The van der Waals surface area contributed by atoms with Crippen molar-refractivity contribution in [2.45, 2.75) is 20.3 Å². The molecule has 1 aromatic rings. The molecule has 0 saturated carbocycles. The Bertz CT molecular complexity index is 420. The molecule has 1 aliphatic heterocycles. The Balaban J connectivity index is 2.29. The molecule has 0 amide bonds. The Labute approximate surface area is 87.6 Å². The molecule has 80 valence electrons. The number of hydrogen-bond donors (Lipinski definition) is 0. The Morgan fingerprint density at radius 3 is 3.00 bits per heavy atom. The van der Waals surface area contributed by atoms with Crippen LogP contribution in [-0.2, 0) is 6.42 Å². The van der Waals surface area contributed by atoms with Crippen molar-refractivity contribution in [3.8, 4) is 0 Å². The Hall–Kier alpha value is -1.65. The highest BCUT2D eigenvalue weighted by Crippen LogP contribution is 2.25. The molecule has 0 spiro atoms. The molecule has 1 aromatic heterocycles. The monoisotopic (exact) mass is 207 g/mol. The van der Waals surface area contributed by atoms with E-state index in [-0.39, 0.29) is 5.82 Å². The van der Waals surface area contributed by atoms with Gasteiger partial charge in [-0.15, -0.1) is 0 Å². The van der Waals surface area contributed by atoms with Crippen molar-refractivity contribution in [1.29, 1.82) is 0 Å². The first-order chi connectivity index (χ1) is 7.08. The van der Waals surface area contributed by atoms with Crippen molar-refractivity contribution in [3.05, 3.63) is 28.0 Å². The number of fused-ring (bicyclic) bond motifs is 1. The molecule has 0 aliphatic carbocycles. The first kappa shape index (κ1) is 9.89. The van der Waals surface area contributed by atoms with Gasteiger partial charge in [0.05, 0.1) is 16.9 Å². The molecule has 2 rings (SSSR count). The molecule has 0 radical (unpaired) electrons. The van der Waals surface area contributed by atoms with Crippen molar-refractivity contribution in [2.75, 3.05) is 0 Å². The zero-order valence-corrected chi connectivity index (χ0v) is 8.75. The lowest BCUT2D eigenvalue weighted by atomic mass is 9.90. The minimum Gasteiger partial charge on any atom is -0.358 e. The van der Waals surface area contributed by atoms with Crippen molar-refractivity contribution in [2.24, 2.45) is 11.8 Å². The third kappa shape index (κ3) is 1.77. The van der Waals surface area contributed by atoms with E-state index < -0.39 is 4.92 Å². The van der Waals surface area contributed by atoms with Crippen molar-refractivity contribution < 1.29 is 4.92 Å². The van der Waals surface area contributed by atoms with Crippen LogP contribution < -0.4 is 0 Å². The van der Waals surface area contributed by atoms with Gasteiger partial charge in [0.1, 0.15) is 0 Å². The summed E-state index contributed by atoms with van der Waals surface area (Å²) in [5.41, 5.74) is 0.919. The van der Waals surface area contributed by atoms with Crippen LogP contribution in [0.5, 0.6) is 0 Å². The maximum Gasteiger partial charge on any atom is 0.390 e. The first-order valence-corrected chi connectivity index (χ1v) is 4.99. The minimum atomic E-state index is -0.455. The van der Waals surface area contributed by atoms with Gasteiger partial charge in [-0.25, -0.2) is 0 Å². The molecule has 5 heteroatoms. The molecule has 15 heavy (non-hydrogen) atoms. The highest BCUT2D eigenvalue weighted by Gasteiger charge is 2.23. The van der Waals surface area contributed by atoms with Gasteiger partial charge in [0.25, 0.3) is 0 Å². The number of aromatic nitrogens is 2. The second kappa shape index (κ2) is 3.49. The van der Waals surface area contributed by atoms with E-state index in [4.69, 9.17) is 0 Å². The molecular weight excluding hydrogens is 194 g/mol. The van der Waals surface area contributed by atoms with E-state index in [0.717, 1.165) is 12.1 Å². The number of nitro groups is 1. The van der Waals surface area contributed by atoms with E-state index in [0.29, 0.717) is 11.8 Å². The van der Waals surface area contributed by atoms with Crippen LogP contribution in [0.15, 0.2) is 12.1 Å². The SMILES string of the molecule is CC(C)C1C=Cn2nc([N+](=O)[O-])cc2C1. The standard InChI is InChI=1S/C10H13N3O2/c1-7(2)8-3-4-12-9(5-8)6-10(11-12)13(14)15/h3-4,6-8H,5H2,1-2H3. The van der Waals surface area contributed by atoms with Crippen molar-refractivity contribution in [3.63, 3.8) is 0 Å². The van der Waals surface area contributed by atoms with Gasteiger partial charge in [-0.05, 0) is 23.2 Å². The molecule has 1 atom stereocenters. The third-order valence-corrected chi connectivity index (χ3v) is 2.76.